The minimum absolute atomic E-state index is 0.0783. The molecule has 1 fully saturated rings. The standard InChI is InChI=1S/C17H17BrN2O2/c18-14-7-5-12(6-8-14)16(13-3-1-9-19-11-13)20-10-2-4-15(20)17(21)22/h1,3,5-9,11,15-16H,2,4,10H2,(H,21,22). The van der Waals surface area contributed by atoms with Crippen molar-refractivity contribution in [3.05, 3.63) is 64.4 Å². The molecule has 1 aromatic carbocycles. The van der Waals surface area contributed by atoms with E-state index in [1.54, 1.807) is 6.20 Å². The Morgan fingerprint density at radius 2 is 2.05 bits per heavy atom. The van der Waals surface area contributed by atoms with Gasteiger partial charge in [-0.05, 0) is 42.2 Å². The summed E-state index contributed by atoms with van der Waals surface area (Å²) in [5, 5.41) is 9.51. The number of pyridine rings is 1. The fourth-order valence-electron chi connectivity index (χ4n) is 3.12. The number of carboxylic acid groups (broad SMARTS) is 1. The molecule has 4 nitrogen and oxygen atoms in total. The highest BCUT2D eigenvalue weighted by atomic mass is 79.9. The maximum absolute atomic E-state index is 11.6. The van der Waals surface area contributed by atoms with Crippen LogP contribution in [0.2, 0.25) is 0 Å². The van der Waals surface area contributed by atoms with E-state index in [0.29, 0.717) is 6.42 Å². The molecule has 0 bridgehead atoms. The van der Waals surface area contributed by atoms with Crippen LogP contribution in [0.15, 0.2) is 53.3 Å². The minimum atomic E-state index is -0.747. The van der Waals surface area contributed by atoms with Gasteiger partial charge in [-0.3, -0.25) is 14.7 Å². The zero-order valence-electron chi connectivity index (χ0n) is 12.0. The van der Waals surface area contributed by atoms with E-state index in [2.05, 4.69) is 25.8 Å². The largest absolute Gasteiger partial charge is 0.480 e. The van der Waals surface area contributed by atoms with Crippen molar-refractivity contribution in [1.82, 2.24) is 9.88 Å². The second kappa shape index (κ2) is 6.58. The molecule has 2 unspecified atom stereocenters. The van der Waals surface area contributed by atoms with Crippen LogP contribution in [0.4, 0.5) is 0 Å². The van der Waals surface area contributed by atoms with Gasteiger partial charge in [-0.1, -0.05) is 34.1 Å². The average Bonchev–Trinajstić information content (AvgIpc) is 3.00. The van der Waals surface area contributed by atoms with E-state index in [4.69, 9.17) is 0 Å². The number of aromatic nitrogens is 1. The first-order chi connectivity index (χ1) is 10.7. The Balaban J connectivity index is 2.03. The molecule has 1 aliphatic heterocycles. The lowest BCUT2D eigenvalue weighted by Gasteiger charge is -2.31. The van der Waals surface area contributed by atoms with E-state index in [9.17, 15) is 9.90 Å². The predicted molar refractivity (Wildman–Crippen MR) is 87.6 cm³/mol. The minimum Gasteiger partial charge on any atom is -0.480 e. The quantitative estimate of drug-likeness (QED) is 0.906. The number of nitrogens with zero attached hydrogens (tertiary/aromatic N) is 2. The highest BCUT2D eigenvalue weighted by Crippen LogP contribution is 2.35. The molecule has 0 spiro atoms. The Morgan fingerprint density at radius 3 is 2.68 bits per heavy atom. The molecule has 1 aromatic heterocycles. The first kappa shape index (κ1) is 15.2. The molecule has 0 aliphatic carbocycles. The van der Waals surface area contributed by atoms with Gasteiger partial charge in [-0.2, -0.15) is 0 Å². The van der Waals surface area contributed by atoms with E-state index in [1.165, 1.54) is 0 Å². The number of aliphatic carboxylic acids is 1. The normalized spacial score (nSPS) is 20.0. The maximum atomic E-state index is 11.6. The van der Waals surface area contributed by atoms with E-state index in [-0.39, 0.29) is 6.04 Å². The highest BCUT2D eigenvalue weighted by Gasteiger charge is 2.36. The summed E-state index contributed by atoms with van der Waals surface area (Å²) < 4.78 is 1.01. The van der Waals surface area contributed by atoms with Crippen LogP contribution in [-0.2, 0) is 4.79 Å². The molecule has 2 atom stereocenters. The van der Waals surface area contributed by atoms with Gasteiger partial charge in [0.1, 0.15) is 6.04 Å². The number of carboxylic acids is 1. The summed E-state index contributed by atoms with van der Waals surface area (Å²) in [5.74, 6) is -0.747. The Morgan fingerprint density at radius 1 is 1.27 bits per heavy atom. The van der Waals surface area contributed by atoms with Gasteiger partial charge in [0.25, 0.3) is 0 Å². The van der Waals surface area contributed by atoms with Crippen LogP contribution >= 0.6 is 15.9 Å². The lowest BCUT2D eigenvalue weighted by molar-refractivity contribution is -0.142. The van der Waals surface area contributed by atoms with Crippen molar-refractivity contribution in [3.8, 4) is 0 Å². The summed E-state index contributed by atoms with van der Waals surface area (Å²) in [6.45, 7) is 0.784. The third-order valence-electron chi connectivity index (χ3n) is 4.10. The van der Waals surface area contributed by atoms with Crippen LogP contribution in [0.3, 0.4) is 0 Å². The third-order valence-corrected chi connectivity index (χ3v) is 4.63. The smallest absolute Gasteiger partial charge is 0.320 e. The maximum Gasteiger partial charge on any atom is 0.320 e. The predicted octanol–water partition coefficient (Wildman–Crippen LogP) is 3.48. The molecule has 2 heterocycles. The molecule has 114 valence electrons. The van der Waals surface area contributed by atoms with Crippen molar-refractivity contribution in [3.63, 3.8) is 0 Å². The molecular weight excluding hydrogens is 344 g/mol. The van der Waals surface area contributed by atoms with E-state index in [1.807, 2.05) is 42.6 Å². The van der Waals surface area contributed by atoms with Crippen LogP contribution in [0.25, 0.3) is 0 Å². The SMILES string of the molecule is O=C(O)C1CCCN1C(c1ccc(Br)cc1)c1cccnc1. The van der Waals surface area contributed by atoms with Gasteiger partial charge >= 0.3 is 5.97 Å². The van der Waals surface area contributed by atoms with Gasteiger partial charge in [0.15, 0.2) is 0 Å². The number of carbonyl (C=O) groups is 1. The highest BCUT2D eigenvalue weighted by molar-refractivity contribution is 9.10. The van der Waals surface area contributed by atoms with Crippen LogP contribution in [0.5, 0.6) is 0 Å². The van der Waals surface area contributed by atoms with Crippen molar-refractivity contribution in [2.75, 3.05) is 6.54 Å². The van der Waals surface area contributed by atoms with Crippen LogP contribution in [0, 0.1) is 0 Å². The lowest BCUT2D eigenvalue weighted by atomic mass is 9.97. The molecule has 1 N–H and O–H groups in total. The monoisotopic (exact) mass is 360 g/mol. The van der Waals surface area contributed by atoms with Crippen LogP contribution < -0.4 is 0 Å². The molecule has 0 amide bonds. The number of halogens is 1. The Bertz CT molecular complexity index is 645. The number of hydrogen-bond acceptors (Lipinski definition) is 3. The Labute approximate surface area is 137 Å². The van der Waals surface area contributed by atoms with Gasteiger partial charge in [-0.15, -0.1) is 0 Å². The van der Waals surface area contributed by atoms with Crippen molar-refractivity contribution >= 4 is 21.9 Å². The second-order valence-electron chi connectivity index (χ2n) is 5.47. The first-order valence-electron chi connectivity index (χ1n) is 7.31. The molecule has 2 aromatic rings. The summed E-state index contributed by atoms with van der Waals surface area (Å²) >= 11 is 3.45. The number of rotatable bonds is 4. The Hall–Kier alpha value is -1.72. The summed E-state index contributed by atoms with van der Waals surface area (Å²) in [7, 11) is 0. The first-order valence-corrected chi connectivity index (χ1v) is 8.10. The summed E-state index contributed by atoms with van der Waals surface area (Å²) in [5.41, 5.74) is 2.11. The van der Waals surface area contributed by atoms with Gasteiger partial charge < -0.3 is 5.11 Å². The molecule has 0 saturated carbocycles. The van der Waals surface area contributed by atoms with Gasteiger partial charge in [0.2, 0.25) is 0 Å². The van der Waals surface area contributed by atoms with Crippen molar-refractivity contribution in [2.45, 2.75) is 24.9 Å². The molecule has 3 rings (SSSR count). The third kappa shape index (κ3) is 3.05. The number of hydrogen-bond donors (Lipinski definition) is 1. The summed E-state index contributed by atoms with van der Waals surface area (Å²) in [6.07, 6.45) is 5.16. The van der Waals surface area contributed by atoms with Crippen molar-refractivity contribution in [2.24, 2.45) is 0 Å². The average molecular weight is 361 g/mol. The van der Waals surface area contributed by atoms with Gasteiger partial charge in [-0.25, -0.2) is 0 Å². The van der Waals surface area contributed by atoms with E-state index < -0.39 is 12.0 Å². The van der Waals surface area contributed by atoms with Gasteiger partial charge in [0.05, 0.1) is 6.04 Å². The summed E-state index contributed by atoms with van der Waals surface area (Å²) in [6, 6.07) is 11.5. The topological polar surface area (TPSA) is 53.4 Å². The van der Waals surface area contributed by atoms with E-state index >= 15 is 0 Å². The fraction of sp³-hybridized carbons (Fsp3) is 0.294. The number of benzene rings is 1. The molecule has 5 heteroatoms. The lowest BCUT2D eigenvalue weighted by Crippen LogP contribution is -2.39. The molecule has 1 saturated heterocycles. The van der Waals surface area contributed by atoms with E-state index in [0.717, 1.165) is 28.6 Å². The molecule has 22 heavy (non-hydrogen) atoms. The van der Waals surface area contributed by atoms with Crippen molar-refractivity contribution < 1.29 is 9.90 Å². The molecule has 0 radical (unpaired) electrons. The molecular formula is C17H17BrN2O2. The van der Waals surface area contributed by atoms with Gasteiger partial charge in [0, 0.05) is 23.4 Å². The van der Waals surface area contributed by atoms with Crippen LogP contribution in [0.1, 0.15) is 30.0 Å². The zero-order chi connectivity index (χ0) is 15.5. The van der Waals surface area contributed by atoms with Crippen LogP contribution in [-0.4, -0.2) is 33.5 Å². The van der Waals surface area contributed by atoms with Crippen molar-refractivity contribution in [1.29, 1.82) is 0 Å². The Kier molecular flexibility index (Phi) is 4.55. The number of likely N-dealkylation sites (tertiary alicyclic amines) is 1. The molecule has 1 aliphatic rings. The summed E-state index contributed by atoms with van der Waals surface area (Å²) in [4.78, 5) is 17.8. The fourth-order valence-corrected chi connectivity index (χ4v) is 3.39. The zero-order valence-corrected chi connectivity index (χ0v) is 13.6. The second-order valence-corrected chi connectivity index (χ2v) is 6.39.